The first-order valence-electron chi connectivity index (χ1n) is 7.89. The summed E-state index contributed by atoms with van der Waals surface area (Å²) in [4.78, 5) is 25.1. The van der Waals surface area contributed by atoms with Gasteiger partial charge in [0, 0.05) is 30.6 Å². The van der Waals surface area contributed by atoms with Gasteiger partial charge in [-0.1, -0.05) is 11.6 Å². The van der Waals surface area contributed by atoms with E-state index in [1.54, 1.807) is 12.1 Å². The van der Waals surface area contributed by atoms with Crippen LogP contribution in [0.15, 0.2) is 18.2 Å². The number of imide groups is 1. The van der Waals surface area contributed by atoms with Gasteiger partial charge in [-0.15, -0.1) is 0 Å². The maximum Gasteiger partial charge on any atom is 0.229 e. The molecule has 0 spiro atoms. The van der Waals surface area contributed by atoms with Gasteiger partial charge in [0.15, 0.2) is 0 Å². The van der Waals surface area contributed by atoms with Crippen LogP contribution in [0, 0.1) is 11.3 Å². The van der Waals surface area contributed by atoms with Crippen LogP contribution in [-0.2, 0) is 9.59 Å². The number of rotatable bonds is 3. The molecule has 6 heteroatoms. The van der Waals surface area contributed by atoms with E-state index in [4.69, 9.17) is 16.9 Å². The van der Waals surface area contributed by atoms with Gasteiger partial charge in [-0.05, 0) is 43.9 Å². The smallest absolute Gasteiger partial charge is 0.229 e. The first-order valence-corrected chi connectivity index (χ1v) is 8.27. The van der Waals surface area contributed by atoms with E-state index in [0.29, 0.717) is 29.5 Å². The number of nitrogens with one attached hydrogen (secondary N) is 1. The molecule has 1 aromatic rings. The Morgan fingerprint density at radius 3 is 2.35 bits per heavy atom. The summed E-state index contributed by atoms with van der Waals surface area (Å²) in [5, 5.41) is 12.8. The SMILES string of the molecule is N#Cc1ccc(NC2CCC(N3C(=O)CCC3=O)CC2)cc1Cl. The largest absolute Gasteiger partial charge is 0.382 e. The molecule has 5 nitrogen and oxygen atoms in total. The molecule has 23 heavy (non-hydrogen) atoms. The van der Waals surface area contributed by atoms with E-state index >= 15 is 0 Å². The molecular formula is C17H18ClN3O2. The Hall–Kier alpha value is -2.06. The third-order valence-electron chi connectivity index (χ3n) is 4.61. The summed E-state index contributed by atoms with van der Waals surface area (Å²) in [7, 11) is 0. The number of anilines is 1. The third kappa shape index (κ3) is 3.32. The number of benzene rings is 1. The van der Waals surface area contributed by atoms with Crippen LogP contribution < -0.4 is 5.32 Å². The molecule has 0 aromatic heterocycles. The third-order valence-corrected chi connectivity index (χ3v) is 4.93. The fourth-order valence-corrected chi connectivity index (χ4v) is 3.63. The zero-order chi connectivity index (χ0) is 16.4. The highest BCUT2D eigenvalue weighted by Gasteiger charge is 2.36. The van der Waals surface area contributed by atoms with E-state index in [2.05, 4.69) is 5.32 Å². The molecule has 1 N–H and O–H groups in total. The number of nitrogens with zero attached hydrogens (tertiary/aromatic N) is 2. The lowest BCUT2D eigenvalue weighted by Crippen LogP contribution is -2.43. The van der Waals surface area contributed by atoms with Crippen molar-refractivity contribution >= 4 is 29.1 Å². The van der Waals surface area contributed by atoms with Crippen molar-refractivity contribution in [2.45, 2.75) is 50.6 Å². The zero-order valence-electron chi connectivity index (χ0n) is 12.7. The van der Waals surface area contributed by atoms with Crippen LogP contribution in [0.2, 0.25) is 5.02 Å². The van der Waals surface area contributed by atoms with Gasteiger partial charge in [-0.2, -0.15) is 5.26 Å². The van der Waals surface area contributed by atoms with E-state index in [1.807, 2.05) is 12.1 Å². The van der Waals surface area contributed by atoms with Crippen LogP contribution in [0.5, 0.6) is 0 Å². The van der Waals surface area contributed by atoms with E-state index in [0.717, 1.165) is 31.4 Å². The Balaban J connectivity index is 1.57. The van der Waals surface area contributed by atoms with Gasteiger partial charge in [0.25, 0.3) is 0 Å². The van der Waals surface area contributed by atoms with Gasteiger partial charge < -0.3 is 5.32 Å². The highest BCUT2D eigenvalue weighted by Crippen LogP contribution is 2.29. The highest BCUT2D eigenvalue weighted by atomic mass is 35.5. The Morgan fingerprint density at radius 1 is 1.13 bits per heavy atom. The maximum absolute atomic E-state index is 11.8. The van der Waals surface area contributed by atoms with Crippen LogP contribution in [0.25, 0.3) is 0 Å². The number of hydrogen-bond acceptors (Lipinski definition) is 4. The number of nitriles is 1. The lowest BCUT2D eigenvalue weighted by molar-refractivity contribution is -0.141. The molecule has 120 valence electrons. The normalized spacial score (nSPS) is 24.6. The number of hydrogen-bond donors (Lipinski definition) is 1. The molecule has 1 heterocycles. The van der Waals surface area contributed by atoms with Crippen LogP contribution >= 0.6 is 11.6 Å². The van der Waals surface area contributed by atoms with E-state index < -0.39 is 0 Å². The van der Waals surface area contributed by atoms with Crippen molar-refractivity contribution in [2.24, 2.45) is 0 Å². The summed E-state index contributed by atoms with van der Waals surface area (Å²) >= 11 is 6.04. The Morgan fingerprint density at radius 2 is 1.78 bits per heavy atom. The van der Waals surface area contributed by atoms with E-state index in [-0.39, 0.29) is 17.9 Å². The molecule has 1 aliphatic heterocycles. The predicted octanol–water partition coefficient (Wildman–Crippen LogP) is 3.08. The molecule has 0 radical (unpaired) electrons. The molecule has 3 rings (SSSR count). The Labute approximate surface area is 140 Å². The van der Waals surface area contributed by atoms with Crippen molar-refractivity contribution in [1.82, 2.24) is 4.90 Å². The zero-order valence-corrected chi connectivity index (χ0v) is 13.5. The lowest BCUT2D eigenvalue weighted by atomic mass is 9.90. The number of halogens is 1. The Bertz CT molecular complexity index is 659. The van der Waals surface area contributed by atoms with Gasteiger partial charge in [-0.3, -0.25) is 14.5 Å². The van der Waals surface area contributed by atoms with Crippen LogP contribution in [0.4, 0.5) is 5.69 Å². The molecular weight excluding hydrogens is 314 g/mol. The fraction of sp³-hybridized carbons (Fsp3) is 0.471. The lowest BCUT2D eigenvalue weighted by Gasteiger charge is -2.34. The molecule has 2 amide bonds. The van der Waals surface area contributed by atoms with Gasteiger partial charge >= 0.3 is 0 Å². The summed E-state index contributed by atoms with van der Waals surface area (Å²) in [5.41, 5.74) is 1.36. The minimum atomic E-state index is -0.0229. The quantitative estimate of drug-likeness (QED) is 0.864. The van der Waals surface area contributed by atoms with Crippen molar-refractivity contribution in [3.63, 3.8) is 0 Å². The standard InChI is InChI=1S/C17H18ClN3O2/c18-15-9-13(2-1-11(15)10-19)20-12-3-5-14(6-4-12)21-16(22)7-8-17(21)23/h1-2,9,12,14,20H,3-8H2. The summed E-state index contributed by atoms with van der Waals surface area (Å²) in [5.74, 6) is -0.0458. The first-order chi connectivity index (χ1) is 11.1. The second kappa shape index (κ2) is 6.59. The van der Waals surface area contributed by atoms with Crippen molar-refractivity contribution in [2.75, 3.05) is 5.32 Å². The summed E-state index contributed by atoms with van der Waals surface area (Å²) in [6.45, 7) is 0. The molecule has 2 fully saturated rings. The van der Waals surface area contributed by atoms with Crippen LogP contribution in [-0.4, -0.2) is 28.8 Å². The molecule has 2 aliphatic rings. The molecule has 1 aromatic carbocycles. The second-order valence-electron chi connectivity index (χ2n) is 6.11. The average molecular weight is 332 g/mol. The fourth-order valence-electron chi connectivity index (χ4n) is 3.41. The van der Waals surface area contributed by atoms with Gasteiger partial charge in [0.2, 0.25) is 11.8 Å². The number of amides is 2. The Kier molecular flexibility index (Phi) is 4.53. The van der Waals surface area contributed by atoms with Crippen molar-refractivity contribution in [3.05, 3.63) is 28.8 Å². The molecule has 0 atom stereocenters. The number of carbonyl (C=O) groups excluding carboxylic acids is 2. The van der Waals surface area contributed by atoms with Gasteiger partial charge in [0.1, 0.15) is 6.07 Å². The van der Waals surface area contributed by atoms with Crippen LogP contribution in [0.1, 0.15) is 44.1 Å². The van der Waals surface area contributed by atoms with Crippen molar-refractivity contribution in [3.8, 4) is 6.07 Å². The van der Waals surface area contributed by atoms with Gasteiger partial charge in [-0.25, -0.2) is 0 Å². The first kappa shape index (κ1) is 15.8. The summed E-state index contributed by atoms with van der Waals surface area (Å²) in [6.07, 6.45) is 4.19. The molecule has 0 unspecified atom stereocenters. The summed E-state index contributed by atoms with van der Waals surface area (Å²) < 4.78 is 0. The maximum atomic E-state index is 11.8. The predicted molar refractivity (Wildman–Crippen MR) is 86.9 cm³/mol. The molecule has 0 bridgehead atoms. The monoisotopic (exact) mass is 331 g/mol. The second-order valence-corrected chi connectivity index (χ2v) is 6.52. The van der Waals surface area contributed by atoms with E-state index in [1.165, 1.54) is 4.90 Å². The van der Waals surface area contributed by atoms with Gasteiger partial charge in [0.05, 0.1) is 10.6 Å². The minimum Gasteiger partial charge on any atom is -0.382 e. The topological polar surface area (TPSA) is 73.2 Å². The molecule has 1 aliphatic carbocycles. The number of likely N-dealkylation sites (tertiary alicyclic amines) is 1. The highest BCUT2D eigenvalue weighted by molar-refractivity contribution is 6.32. The molecule has 1 saturated carbocycles. The number of carbonyl (C=O) groups is 2. The molecule has 1 saturated heterocycles. The average Bonchev–Trinajstić information content (AvgIpc) is 2.87. The minimum absolute atomic E-state index is 0.0229. The summed E-state index contributed by atoms with van der Waals surface area (Å²) in [6, 6.07) is 7.71. The van der Waals surface area contributed by atoms with Crippen molar-refractivity contribution in [1.29, 1.82) is 5.26 Å². The van der Waals surface area contributed by atoms with Crippen molar-refractivity contribution < 1.29 is 9.59 Å². The van der Waals surface area contributed by atoms with E-state index in [9.17, 15) is 9.59 Å². The van der Waals surface area contributed by atoms with Crippen LogP contribution in [0.3, 0.4) is 0 Å².